The first-order valence-electron chi connectivity index (χ1n) is 6.45. The number of aliphatic hydroxyl groups is 1. The topological polar surface area (TPSA) is 32.3 Å². The van der Waals surface area contributed by atoms with E-state index >= 15 is 0 Å². The summed E-state index contributed by atoms with van der Waals surface area (Å²) < 4.78 is 0. The maximum absolute atomic E-state index is 9.81. The molecule has 1 aromatic carbocycles. The summed E-state index contributed by atoms with van der Waals surface area (Å²) in [6, 6.07) is 8.41. The van der Waals surface area contributed by atoms with Crippen LogP contribution in [0.15, 0.2) is 24.3 Å². The van der Waals surface area contributed by atoms with Crippen molar-refractivity contribution in [2.75, 3.05) is 11.9 Å². The summed E-state index contributed by atoms with van der Waals surface area (Å²) in [5.74, 6) is 0. The molecule has 2 nitrogen and oxygen atoms in total. The van der Waals surface area contributed by atoms with Gasteiger partial charge in [-0.3, -0.25) is 0 Å². The largest absolute Gasteiger partial charge is 0.394 e. The molecule has 0 aromatic heterocycles. The molecule has 0 bridgehead atoms. The van der Waals surface area contributed by atoms with Gasteiger partial charge in [0.2, 0.25) is 0 Å². The molecule has 2 rings (SSSR count). The Morgan fingerprint density at radius 3 is 2.29 bits per heavy atom. The lowest BCUT2D eigenvalue weighted by Gasteiger charge is -2.41. The van der Waals surface area contributed by atoms with Crippen LogP contribution in [-0.4, -0.2) is 17.3 Å². The Labute approximate surface area is 104 Å². The van der Waals surface area contributed by atoms with E-state index < -0.39 is 0 Å². The Balaban J connectivity index is 2.23. The average Bonchev–Trinajstić information content (AvgIpc) is 2.58. The van der Waals surface area contributed by atoms with E-state index in [1.165, 1.54) is 18.4 Å². The van der Waals surface area contributed by atoms with E-state index in [0.29, 0.717) is 0 Å². The fourth-order valence-electron chi connectivity index (χ4n) is 2.89. The SMILES string of the molecule is Cc1ccc(NC2(CO)CCCC2(C)C)cc1. The van der Waals surface area contributed by atoms with Crippen LogP contribution in [0.2, 0.25) is 0 Å². The lowest BCUT2D eigenvalue weighted by atomic mass is 9.75. The van der Waals surface area contributed by atoms with Crippen LogP contribution in [0, 0.1) is 12.3 Å². The van der Waals surface area contributed by atoms with Gasteiger partial charge >= 0.3 is 0 Å². The molecule has 0 radical (unpaired) electrons. The molecule has 2 heteroatoms. The third-order valence-electron chi connectivity index (χ3n) is 4.41. The number of aliphatic hydroxyl groups excluding tert-OH is 1. The van der Waals surface area contributed by atoms with Crippen molar-refractivity contribution < 1.29 is 5.11 Å². The third kappa shape index (κ3) is 2.19. The van der Waals surface area contributed by atoms with Gasteiger partial charge in [-0.15, -0.1) is 0 Å². The molecule has 0 aliphatic heterocycles. The highest BCUT2D eigenvalue weighted by Gasteiger charge is 2.48. The minimum atomic E-state index is -0.164. The van der Waals surface area contributed by atoms with Gasteiger partial charge in [0.15, 0.2) is 0 Å². The van der Waals surface area contributed by atoms with E-state index in [-0.39, 0.29) is 17.6 Å². The van der Waals surface area contributed by atoms with E-state index in [4.69, 9.17) is 0 Å². The molecule has 0 amide bonds. The smallest absolute Gasteiger partial charge is 0.0666 e. The fraction of sp³-hybridized carbons (Fsp3) is 0.600. The molecule has 2 N–H and O–H groups in total. The normalized spacial score (nSPS) is 27.1. The Morgan fingerprint density at radius 1 is 1.18 bits per heavy atom. The van der Waals surface area contributed by atoms with Gasteiger partial charge in [0, 0.05) is 5.69 Å². The molecule has 1 aliphatic carbocycles. The molecular weight excluding hydrogens is 210 g/mol. The van der Waals surface area contributed by atoms with Gasteiger partial charge in [-0.25, -0.2) is 0 Å². The maximum atomic E-state index is 9.81. The van der Waals surface area contributed by atoms with Gasteiger partial charge in [0.25, 0.3) is 0 Å². The minimum Gasteiger partial charge on any atom is -0.394 e. The summed E-state index contributed by atoms with van der Waals surface area (Å²) in [6.45, 7) is 6.79. The summed E-state index contributed by atoms with van der Waals surface area (Å²) in [6.07, 6.45) is 3.41. The standard InChI is InChI=1S/C15H23NO/c1-12-5-7-13(8-6-12)16-15(11-17)10-4-9-14(15,2)3/h5-8,16-17H,4,9-11H2,1-3H3. The Morgan fingerprint density at radius 2 is 1.82 bits per heavy atom. The highest BCUT2D eigenvalue weighted by molar-refractivity contribution is 5.48. The summed E-state index contributed by atoms with van der Waals surface area (Å²) in [4.78, 5) is 0. The van der Waals surface area contributed by atoms with Crippen molar-refractivity contribution in [3.05, 3.63) is 29.8 Å². The molecule has 0 heterocycles. The van der Waals surface area contributed by atoms with Gasteiger partial charge < -0.3 is 10.4 Å². The van der Waals surface area contributed by atoms with Gasteiger partial charge in [-0.05, 0) is 37.3 Å². The number of rotatable bonds is 3. The monoisotopic (exact) mass is 233 g/mol. The zero-order valence-electron chi connectivity index (χ0n) is 11.1. The molecule has 1 atom stereocenters. The Kier molecular flexibility index (Phi) is 3.17. The van der Waals surface area contributed by atoms with Crippen LogP contribution in [0.25, 0.3) is 0 Å². The molecule has 0 saturated heterocycles. The molecule has 1 fully saturated rings. The average molecular weight is 233 g/mol. The molecule has 0 spiro atoms. The molecule has 1 aliphatic rings. The quantitative estimate of drug-likeness (QED) is 0.839. The molecule has 1 saturated carbocycles. The van der Waals surface area contributed by atoms with Gasteiger partial charge in [0.1, 0.15) is 0 Å². The fourth-order valence-corrected chi connectivity index (χ4v) is 2.89. The zero-order valence-corrected chi connectivity index (χ0v) is 11.1. The lowest BCUT2D eigenvalue weighted by Crippen LogP contribution is -2.50. The predicted octanol–water partition coefficient (Wildman–Crippen LogP) is 3.35. The first-order chi connectivity index (χ1) is 7.99. The van der Waals surface area contributed by atoms with Crippen LogP contribution >= 0.6 is 0 Å². The van der Waals surface area contributed by atoms with Crippen LogP contribution < -0.4 is 5.32 Å². The number of benzene rings is 1. The second kappa shape index (κ2) is 4.34. The molecule has 1 aromatic rings. The van der Waals surface area contributed by atoms with Crippen molar-refractivity contribution >= 4 is 5.69 Å². The van der Waals surface area contributed by atoms with Gasteiger partial charge in [0.05, 0.1) is 12.1 Å². The zero-order chi connectivity index (χ0) is 12.5. The van der Waals surface area contributed by atoms with E-state index in [1.807, 2.05) is 0 Å². The van der Waals surface area contributed by atoms with E-state index in [0.717, 1.165) is 12.1 Å². The molecule has 94 valence electrons. The number of aryl methyl sites for hydroxylation is 1. The summed E-state index contributed by atoms with van der Waals surface area (Å²) in [7, 11) is 0. The first-order valence-corrected chi connectivity index (χ1v) is 6.45. The van der Waals surface area contributed by atoms with Gasteiger partial charge in [-0.1, -0.05) is 38.0 Å². The predicted molar refractivity (Wildman–Crippen MR) is 72.3 cm³/mol. The van der Waals surface area contributed by atoms with Crippen LogP contribution in [0.1, 0.15) is 38.7 Å². The highest BCUT2D eigenvalue weighted by atomic mass is 16.3. The van der Waals surface area contributed by atoms with Crippen molar-refractivity contribution in [3.8, 4) is 0 Å². The van der Waals surface area contributed by atoms with Crippen molar-refractivity contribution in [2.45, 2.75) is 45.6 Å². The minimum absolute atomic E-state index is 0.145. The third-order valence-corrected chi connectivity index (χ3v) is 4.41. The Bertz CT molecular complexity index is 382. The van der Waals surface area contributed by atoms with E-state index in [2.05, 4.69) is 50.4 Å². The van der Waals surface area contributed by atoms with Crippen LogP contribution in [-0.2, 0) is 0 Å². The highest BCUT2D eigenvalue weighted by Crippen LogP contribution is 2.47. The van der Waals surface area contributed by atoms with Crippen LogP contribution in [0.3, 0.4) is 0 Å². The lowest BCUT2D eigenvalue weighted by molar-refractivity contribution is 0.128. The summed E-state index contributed by atoms with van der Waals surface area (Å²) in [5, 5.41) is 13.4. The Hall–Kier alpha value is -1.02. The summed E-state index contributed by atoms with van der Waals surface area (Å²) in [5.41, 5.74) is 2.36. The maximum Gasteiger partial charge on any atom is 0.0666 e. The number of anilines is 1. The van der Waals surface area contributed by atoms with Crippen LogP contribution in [0.5, 0.6) is 0 Å². The van der Waals surface area contributed by atoms with Crippen LogP contribution in [0.4, 0.5) is 5.69 Å². The molecular formula is C15H23NO. The van der Waals surface area contributed by atoms with Crippen molar-refractivity contribution in [2.24, 2.45) is 5.41 Å². The second-order valence-corrected chi connectivity index (χ2v) is 5.97. The van der Waals surface area contributed by atoms with Crippen molar-refractivity contribution in [3.63, 3.8) is 0 Å². The molecule has 17 heavy (non-hydrogen) atoms. The van der Waals surface area contributed by atoms with Gasteiger partial charge in [-0.2, -0.15) is 0 Å². The second-order valence-electron chi connectivity index (χ2n) is 5.97. The molecule has 1 unspecified atom stereocenters. The number of hydrogen-bond donors (Lipinski definition) is 2. The van der Waals surface area contributed by atoms with Crippen molar-refractivity contribution in [1.82, 2.24) is 0 Å². The van der Waals surface area contributed by atoms with E-state index in [1.54, 1.807) is 0 Å². The van der Waals surface area contributed by atoms with Crippen molar-refractivity contribution in [1.29, 1.82) is 0 Å². The van der Waals surface area contributed by atoms with E-state index in [9.17, 15) is 5.11 Å². The first kappa shape index (κ1) is 12.4. The number of hydrogen-bond acceptors (Lipinski definition) is 2. The number of nitrogens with one attached hydrogen (secondary N) is 1. The summed E-state index contributed by atoms with van der Waals surface area (Å²) >= 11 is 0.